The fourth-order valence-corrected chi connectivity index (χ4v) is 6.18. The fourth-order valence-electron chi connectivity index (χ4n) is 6.18. The summed E-state index contributed by atoms with van der Waals surface area (Å²) in [6.45, 7) is 9.40. The number of carbonyl (C=O) groups is 1. The van der Waals surface area contributed by atoms with E-state index in [4.69, 9.17) is 0 Å². The van der Waals surface area contributed by atoms with Gasteiger partial charge in [0, 0.05) is 44.3 Å². The minimum Gasteiger partial charge on any atom is -0.352 e. The highest BCUT2D eigenvalue weighted by atomic mass is 16.2. The Bertz CT molecular complexity index is 518. The Kier molecular flexibility index (Phi) is 6.10. The van der Waals surface area contributed by atoms with Crippen LogP contribution in [-0.4, -0.2) is 73.1 Å². The summed E-state index contributed by atoms with van der Waals surface area (Å²) in [5.74, 6) is 2.30. The lowest BCUT2D eigenvalue weighted by Crippen LogP contribution is -2.55. The Labute approximate surface area is 165 Å². The third-order valence-corrected chi connectivity index (χ3v) is 8.15. The number of rotatable bonds is 3. The lowest BCUT2D eigenvalue weighted by molar-refractivity contribution is -0.124. The number of nitrogens with zero attached hydrogens (tertiary/aromatic N) is 2. The molecule has 0 radical (unpaired) electrons. The smallest absolute Gasteiger partial charge is 0.237 e. The molecule has 7 atom stereocenters. The first kappa shape index (κ1) is 19.7. The van der Waals surface area contributed by atoms with Crippen molar-refractivity contribution in [2.45, 2.75) is 83.0 Å². The Balaban J connectivity index is 1.31. The molecule has 0 bridgehead atoms. The molecular formula is C22H40N4O. The first-order chi connectivity index (χ1) is 13.0. The molecule has 2 aliphatic heterocycles. The minimum absolute atomic E-state index is 0.0387. The minimum atomic E-state index is 0.0387. The number of amides is 1. The summed E-state index contributed by atoms with van der Waals surface area (Å²) in [7, 11) is 2.22. The van der Waals surface area contributed by atoms with E-state index in [1.165, 1.54) is 58.3 Å². The maximum absolute atomic E-state index is 13.0. The van der Waals surface area contributed by atoms with Gasteiger partial charge in [-0.1, -0.05) is 20.3 Å². The van der Waals surface area contributed by atoms with Gasteiger partial charge in [-0.25, -0.2) is 0 Å². The highest BCUT2D eigenvalue weighted by Gasteiger charge is 2.42. The van der Waals surface area contributed by atoms with Crippen LogP contribution in [0.2, 0.25) is 0 Å². The molecule has 0 spiro atoms. The Morgan fingerprint density at radius 2 is 1.74 bits per heavy atom. The van der Waals surface area contributed by atoms with Gasteiger partial charge in [0.1, 0.15) is 0 Å². The highest BCUT2D eigenvalue weighted by molar-refractivity contribution is 5.82. The molecule has 0 aromatic heterocycles. The molecule has 0 aromatic carbocycles. The zero-order valence-corrected chi connectivity index (χ0v) is 17.6. The zero-order chi connectivity index (χ0) is 19.0. The van der Waals surface area contributed by atoms with Gasteiger partial charge in [0.05, 0.1) is 6.04 Å². The van der Waals surface area contributed by atoms with E-state index in [9.17, 15) is 4.79 Å². The van der Waals surface area contributed by atoms with Crippen molar-refractivity contribution in [2.24, 2.45) is 17.8 Å². The van der Waals surface area contributed by atoms with Gasteiger partial charge in [-0.05, 0) is 63.3 Å². The zero-order valence-electron chi connectivity index (χ0n) is 17.6. The summed E-state index contributed by atoms with van der Waals surface area (Å²) < 4.78 is 0. The average molecular weight is 377 g/mol. The second-order valence-corrected chi connectivity index (χ2v) is 10.0. The third kappa shape index (κ3) is 4.35. The van der Waals surface area contributed by atoms with E-state index in [2.05, 4.69) is 41.3 Å². The summed E-state index contributed by atoms with van der Waals surface area (Å²) in [5.41, 5.74) is 0. The molecule has 5 nitrogen and oxygen atoms in total. The Morgan fingerprint density at radius 3 is 2.48 bits per heavy atom. The molecule has 1 amide bonds. The second kappa shape index (κ2) is 8.38. The lowest BCUT2D eigenvalue weighted by Gasteiger charge is -2.43. The van der Waals surface area contributed by atoms with Gasteiger partial charge in [-0.15, -0.1) is 0 Å². The lowest BCUT2D eigenvalue weighted by atomic mass is 9.78. The molecule has 0 aromatic rings. The van der Waals surface area contributed by atoms with Crippen LogP contribution in [0.25, 0.3) is 0 Å². The van der Waals surface area contributed by atoms with Crippen LogP contribution in [0.15, 0.2) is 0 Å². The number of nitrogens with one attached hydrogen (secondary N) is 2. The number of carbonyl (C=O) groups excluding carboxylic acids is 1. The molecule has 5 heteroatoms. The van der Waals surface area contributed by atoms with Gasteiger partial charge < -0.3 is 15.5 Å². The molecule has 7 unspecified atom stereocenters. The normalized spacial score (nSPS) is 44.0. The molecule has 2 heterocycles. The molecule has 4 fully saturated rings. The quantitative estimate of drug-likeness (QED) is 0.792. The summed E-state index contributed by atoms with van der Waals surface area (Å²) >= 11 is 0. The summed E-state index contributed by atoms with van der Waals surface area (Å²) in [6.07, 6.45) is 8.66. The predicted octanol–water partition coefficient (Wildman–Crippen LogP) is 2.07. The summed E-state index contributed by atoms with van der Waals surface area (Å²) in [6, 6.07) is 1.60. The SMILES string of the molecule is CC1CCC(N2CCN(C)CC2)CC1NC(=O)C1CC2CCCC(C)C2N1. The topological polar surface area (TPSA) is 47.6 Å². The predicted molar refractivity (Wildman–Crippen MR) is 110 cm³/mol. The van der Waals surface area contributed by atoms with E-state index >= 15 is 0 Å². The highest BCUT2D eigenvalue weighted by Crippen LogP contribution is 2.37. The van der Waals surface area contributed by atoms with Crippen molar-refractivity contribution in [2.75, 3.05) is 33.2 Å². The molecule has 2 aliphatic carbocycles. The van der Waals surface area contributed by atoms with Gasteiger partial charge in [0.25, 0.3) is 0 Å². The third-order valence-electron chi connectivity index (χ3n) is 8.15. The molecular weight excluding hydrogens is 336 g/mol. The van der Waals surface area contributed by atoms with Crippen molar-refractivity contribution in [1.29, 1.82) is 0 Å². The fraction of sp³-hybridized carbons (Fsp3) is 0.955. The number of piperazine rings is 1. The van der Waals surface area contributed by atoms with Gasteiger partial charge in [-0.3, -0.25) is 9.69 Å². The molecule has 4 rings (SSSR count). The maximum atomic E-state index is 13.0. The van der Waals surface area contributed by atoms with Crippen LogP contribution in [0.5, 0.6) is 0 Å². The van der Waals surface area contributed by atoms with Crippen molar-refractivity contribution >= 4 is 5.91 Å². The molecule has 27 heavy (non-hydrogen) atoms. The van der Waals surface area contributed by atoms with E-state index in [1.54, 1.807) is 0 Å². The van der Waals surface area contributed by atoms with Crippen molar-refractivity contribution in [3.05, 3.63) is 0 Å². The molecule has 154 valence electrons. The molecule has 4 aliphatic rings. The van der Waals surface area contributed by atoms with E-state index in [-0.39, 0.29) is 11.9 Å². The van der Waals surface area contributed by atoms with E-state index < -0.39 is 0 Å². The van der Waals surface area contributed by atoms with Crippen LogP contribution in [0.4, 0.5) is 0 Å². The number of likely N-dealkylation sites (N-methyl/N-ethyl adjacent to an activating group) is 1. The Hall–Kier alpha value is -0.650. The molecule has 2 N–H and O–H groups in total. The van der Waals surface area contributed by atoms with Crippen LogP contribution >= 0.6 is 0 Å². The average Bonchev–Trinajstić information content (AvgIpc) is 3.10. The van der Waals surface area contributed by atoms with Crippen molar-refractivity contribution in [3.8, 4) is 0 Å². The van der Waals surface area contributed by atoms with Crippen molar-refractivity contribution in [3.63, 3.8) is 0 Å². The van der Waals surface area contributed by atoms with Gasteiger partial charge in [0.2, 0.25) is 5.91 Å². The number of hydrogen-bond donors (Lipinski definition) is 2. The first-order valence-electron chi connectivity index (χ1n) is 11.5. The Morgan fingerprint density at radius 1 is 0.963 bits per heavy atom. The molecule has 2 saturated carbocycles. The van der Waals surface area contributed by atoms with Gasteiger partial charge >= 0.3 is 0 Å². The van der Waals surface area contributed by atoms with Crippen molar-refractivity contribution in [1.82, 2.24) is 20.4 Å². The maximum Gasteiger partial charge on any atom is 0.237 e. The van der Waals surface area contributed by atoms with Crippen LogP contribution in [0, 0.1) is 17.8 Å². The van der Waals surface area contributed by atoms with E-state index in [1.807, 2.05) is 0 Å². The molecule has 2 saturated heterocycles. The monoisotopic (exact) mass is 376 g/mol. The number of fused-ring (bicyclic) bond motifs is 1. The van der Waals surface area contributed by atoms with Gasteiger partial charge in [0.15, 0.2) is 0 Å². The standard InChI is InChI=1S/C22H40N4O/c1-15-7-8-18(26-11-9-25(3)10-12-26)14-19(15)24-22(27)20-13-17-6-4-5-16(2)21(17)23-20/h15-21,23H,4-14H2,1-3H3,(H,24,27). The van der Waals surface area contributed by atoms with Crippen LogP contribution in [0.3, 0.4) is 0 Å². The second-order valence-electron chi connectivity index (χ2n) is 10.0. The van der Waals surface area contributed by atoms with Crippen LogP contribution < -0.4 is 10.6 Å². The first-order valence-corrected chi connectivity index (χ1v) is 11.5. The number of hydrogen-bond acceptors (Lipinski definition) is 4. The summed E-state index contributed by atoms with van der Waals surface area (Å²) in [5, 5.41) is 7.17. The van der Waals surface area contributed by atoms with Crippen molar-refractivity contribution < 1.29 is 4.79 Å². The van der Waals surface area contributed by atoms with Gasteiger partial charge in [-0.2, -0.15) is 0 Å². The van der Waals surface area contributed by atoms with Crippen LogP contribution in [-0.2, 0) is 4.79 Å². The largest absolute Gasteiger partial charge is 0.352 e. The van der Waals surface area contributed by atoms with E-state index in [0.717, 1.165) is 18.8 Å². The summed E-state index contributed by atoms with van der Waals surface area (Å²) in [4.78, 5) is 18.1. The van der Waals surface area contributed by atoms with Crippen LogP contribution in [0.1, 0.15) is 58.8 Å². The van der Waals surface area contributed by atoms with E-state index in [0.29, 0.717) is 30.0 Å².